The molecule has 2 rings (SSSR count). The fourth-order valence-corrected chi connectivity index (χ4v) is 1.61. The van der Waals surface area contributed by atoms with Gasteiger partial charge in [0.25, 0.3) is 0 Å². The molecule has 3 heteroatoms. The minimum atomic E-state index is -0.103. The molecule has 77 valence electrons. The second kappa shape index (κ2) is 3.69. The second-order valence-electron chi connectivity index (χ2n) is 3.16. The maximum atomic E-state index is 11.8. The normalized spacial score (nSPS) is 10.3. The van der Waals surface area contributed by atoms with Crippen LogP contribution in [0.2, 0.25) is 0 Å². The molecule has 0 fully saturated rings. The molecule has 15 heavy (non-hydrogen) atoms. The van der Waals surface area contributed by atoms with Gasteiger partial charge in [0.05, 0.1) is 14.2 Å². The van der Waals surface area contributed by atoms with Crippen LogP contribution in [0, 0.1) is 0 Å². The summed E-state index contributed by atoms with van der Waals surface area (Å²) >= 11 is 0. The lowest BCUT2D eigenvalue weighted by Crippen LogP contribution is -1.89. The van der Waals surface area contributed by atoms with E-state index in [4.69, 9.17) is 9.47 Å². The summed E-state index contributed by atoms with van der Waals surface area (Å²) in [5, 5.41) is 13.3. The molecule has 3 nitrogen and oxygen atoms in total. The molecule has 0 atom stereocenters. The zero-order chi connectivity index (χ0) is 10.8. The van der Waals surface area contributed by atoms with Crippen LogP contribution in [0.1, 0.15) is 0 Å². The predicted octanol–water partition coefficient (Wildman–Crippen LogP) is 3.00. The van der Waals surface area contributed by atoms with Crippen LogP contribution in [0.15, 0.2) is 30.3 Å². The third-order valence-electron chi connectivity index (χ3n) is 2.36. The molecule has 2 aromatic carbocycles. The standard InChI is InChI=1S/C12H11O3/c1-14-10-7-11(15-2)12(13)9-6-4-3-5-8(9)10/h3-7H,1-2H3. The SMILES string of the molecule is COc1cc(OC)c2ccccc2c1[O]. The summed E-state index contributed by atoms with van der Waals surface area (Å²) in [5.74, 6) is 0.863. The molecular weight excluding hydrogens is 192 g/mol. The summed E-state index contributed by atoms with van der Waals surface area (Å²) in [5.41, 5.74) is 0. The van der Waals surface area contributed by atoms with Gasteiger partial charge >= 0.3 is 0 Å². The number of methoxy groups -OCH3 is 2. The van der Waals surface area contributed by atoms with Gasteiger partial charge in [-0.15, -0.1) is 0 Å². The van der Waals surface area contributed by atoms with E-state index in [2.05, 4.69) is 0 Å². The first-order valence-electron chi connectivity index (χ1n) is 4.58. The van der Waals surface area contributed by atoms with Crippen molar-refractivity contribution in [3.8, 4) is 17.2 Å². The summed E-state index contributed by atoms with van der Waals surface area (Å²) in [7, 11) is 3.05. The van der Waals surface area contributed by atoms with Crippen molar-refractivity contribution >= 4 is 10.8 Å². The van der Waals surface area contributed by atoms with Crippen LogP contribution in [-0.2, 0) is 5.11 Å². The summed E-state index contributed by atoms with van der Waals surface area (Å²) < 4.78 is 10.2. The molecule has 0 aromatic heterocycles. The minimum absolute atomic E-state index is 0.103. The Morgan fingerprint density at radius 2 is 1.53 bits per heavy atom. The van der Waals surface area contributed by atoms with E-state index in [1.165, 1.54) is 7.11 Å². The van der Waals surface area contributed by atoms with E-state index < -0.39 is 0 Å². The Hall–Kier alpha value is -1.90. The molecule has 0 spiro atoms. The zero-order valence-corrected chi connectivity index (χ0v) is 8.61. The van der Waals surface area contributed by atoms with Gasteiger partial charge in [0.15, 0.2) is 5.75 Å². The van der Waals surface area contributed by atoms with E-state index in [0.29, 0.717) is 16.9 Å². The molecule has 0 aliphatic carbocycles. The van der Waals surface area contributed by atoms with Gasteiger partial charge in [-0.3, -0.25) is 5.11 Å². The second-order valence-corrected chi connectivity index (χ2v) is 3.16. The topological polar surface area (TPSA) is 38.4 Å². The number of hydrogen-bond acceptors (Lipinski definition) is 2. The lowest BCUT2D eigenvalue weighted by Gasteiger charge is -2.09. The van der Waals surface area contributed by atoms with Crippen LogP contribution in [0.4, 0.5) is 0 Å². The molecule has 0 aliphatic rings. The van der Waals surface area contributed by atoms with Crippen LogP contribution in [0.3, 0.4) is 0 Å². The van der Waals surface area contributed by atoms with Gasteiger partial charge in [-0.05, 0) is 0 Å². The highest BCUT2D eigenvalue weighted by Gasteiger charge is 2.13. The third-order valence-corrected chi connectivity index (χ3v) is 2.36. The van der Waals surface area contributed by atoms with Crippen molar-refractivity contribution < 1.29 is 14.6 Å². The summed E-state index contributed by atoms with van der Waals surface area (Å²) in [6.45, 7) is 0. The van der Waals surface area contributed by atoms with Crippen LogP contribution in [0.25, 0.3) is 10.8 Å². The Morgan fingerprint density at radius 3 is 2.13 bits per heavy atom. The summed E-state index contributed by atoms with van der Waals surface area (Å²) in [6.07, 6.45) is 0. The molecule has 0 amide bonds. The molecular formula is C12H11O3. The first-order chi connectivity index (χ1) is 7.27. The van der Waals surface area contributed by atoms with Crippen molar-refractivity contribution in [1.29, 1.82) is 0 Å². The minimum Gasteiger partial charge on any atom is -0.496 e. The van der Waals surface area contributed by atoms with E-state index in [0.717, 1.165) is 5.39 Å². The zero-order valence-electron chi connectivity index (χ0n) is 8.61. The quantitative estimate of drug-likeness (QED) is 0.752. The van der Waals surface area contributed by atoms with Crippen molar-refractivity contribution in [2.24, 2.45) is 0 Å². The fraction of sp³-hybridized carbons (Fsp3) is 0.167. The average Bonchev–Trinajstić information content (AvgIpc) is 2.30. The van der Waals surface area contributed by atoms with E-state index >= 15 is 0 Å². The number of ether oxygens (including phenoxy) is 2. The Bertz CT molecular complexity index is 491. The van der Waals surface area contributed by atoms with Gasteiger partial charge < -0.3 is 9.47 Å². The molecule has 0 heterocycles. The Kier molecular flexibility index (Phi) is 2.37. The maximum absolute atomic E-state index is 11.8. The van der Waals surface area contributed by atoms with E-state index in [-0.39, 0.29) is 5.75 Å². The molecule has 0 unspecified atom stereocenters. The van der Waals surface area contributed by atoms with Crippen molar-refractivity contribution in [2.45, 2.75) is 0 Å². The number of hydrogen-bond donors (Lipinski definition) is 0. The highest BCUT2D eigenvalue weighted by Crippen LogP contribution is 2.40. The first kappa shape index (κ1) is 9.65. The number of rotatable bonds is 2. The molecule has 2 aromatic rings. The monoisotopic (exact) mass is 203 g/mol. The van der Waals surface area contributed by atoms with Gasteiger partial charge in [-0.1, -0.05) is 24.3 Å². The maximum Gasteiger partial charge on any atom is 0.228 e. The molecule has 0 saturated heterocycles. The Balaban J connectivity index is 2.84. The van der Waals surface area contributed by atoms with Gasteiger partial charge in [-0.2, -0.15) is 0 Å². The predicted molar refractivity (Wildman–Crippen MR) is 57.2 cm³/mol. The van der Waals surface area contributed by atoms with Crippen molar-refractivity contribution in [2.75, 3.05) is 14.2 Å². The lowest BCUT2D eigenvalue weighted by atomic mass is 10.1. The van der Waals surface area contributed by atoms with Crippen LogP contribution in [0.5, 0.6) is 17.2 Å². The summed E-state index contributed by atoms with van der Waals surface area (Å²) in [6, 6.07) is 8.93. The van der Waals surface area contributed by atoms with E-state index in [1.807, 2.05) is 18.2 Å². The van der Waals surface area contributed by atoms with Crippen LogP contribution < -0.4 is 9.47 Å². The fourth-order valence-electron chi connectivity index (χ4n) is 1.61. The van der Waals surface area contributed by atoms with Gasteiger partial charge in [-0.25, -0.2) is 0 Å². The molecule has 0 bridgehead atoms. The molecule has 1 radical (unpaired) electrons. The van der Waals surface area contributed by atoms with Crippen molar-refractivity contribution in [3.63, 3.8) is 0 Å². The molecule has 0 saturated carbocycles. The average molecular weight is 203 g/mol. The largest absolute Gasteiger partial charge is 0.496 e. The van der Waals surface area contributed by atoms with Gasteiger partial charge in [0, 0.05) is 16.8 Å². The first-order valence-corrected chi connectivity index (χ1v) is 4.58. The third kappa shape index (κ3) is 1.46. The van der Waals surface area contributed by atoms with Crippen LogP contribution >= 0.6 is 0 Å². The van der Waals surface area contributed by atoms with Crippen molar-refractivity contribution in [3.05, 3.63) is 30.3 Å². The van der Waals surface area contributed by atoms with Gasteiger partial charge in [0.1, 0.15) is 5.75 Å². The lowest BCUT2D eigenvalue weighted by molar-refractivity contribution is 0.317. The number of fused-ring (bicyclic) bond motifs is 1. The number of benzene rings is 2. The Morgan fingerprint density at radius 1 is 0.933 bits per heavy atom. The Labute approximate surface area is 87.9 Å². The van der Waals surface area contributed by atoms with E-state index in [1.54, 1.807) is 19.2 Å². The molecule has 0 aliphatic heterocycles. The van der Waals surface area contributed by atoms with Crippen molar-refractivity contribution in [1.82, 2.24) is 0 Å². The molecule has 0 N–H and O–H groups in total. The summed E-state index contributed by atoms with van der Waals surface area (Å²) in [4.78, 5) is 0. The van der Waals surface area contributed by atoms with Gasteiger partial charge in [0.2, 0.25) is 5.75 Å². The smallest absolute Gasteiger partial charge is 0.228 e. The highest BCUT2D eigenvalue weighted by atomic mass is 16.5. The van der Waals surface area contributed by atoms with Crippen LogP contribution in [-0.4, -0.2) is 14.2 Å². The highest BCUT2D eigenvalue weighted by molar-refractivity contribution is 5.95. The van der Waals surface area contributed by atoms with E-state index in [9.17, 15) is 5.11 Å².